The van der Waals surface area contributed by atoms with Gasteiger partial charge < -0.3 is 5.73 Å². The Kier molecular flexibility index (Phi) is 7.32. The van der Waals surface area contributed by atoms with E-state index in [1.54, 1.807) is 0 Å². The van der Waals surface area contributed by atoms with E-state index in [-0.39, 0.29) is 0 Å². The second kappa shape index (κ2) is 7.81. The summed E-state index contributed by atoms with van der Waals surface area (Å²) in [5.74, 6) is 0. The second-order valence-corrected chi connectivity index (χ2v) is 2.78. The van der Waals surface area contributed by atoms with Gasteiger partial charge in [0.2, 0.25) is 0 Å². The molecule has 1 nitrogen and oxygen atoms in total. The van der Waals surface area contributed by atoms with E-state index >= 15 is 0 Å². The molecule has 0 fully saturated rings. The number of nitrogens with two attached hydrogens (primary N) is 1. The van der Waals surface area contributed by atoms with Crippen LogP contribution in [0.3, 0.4) is 0 Å². The van der Waals surface area contributed by atoms with Gasteiger partial charge in [-0.05, 0) is 31.4 Å². The minimum atomic E-state index is 0.743. The van der Waals surface area contributed by atoms with Crippen molar-refractivity contribution in [1.29, 1.82) is 0 Å². The molecule has 74 valence electrons. The van der Waals surface area contributed by atoms with E-state index in [4.69, 9.17) is 5.73 Å². The molecule has 0 aliphatic heterocycles. The maximum absolute atomic E-state index is 5.45. The highest BCUT2D eigenvalue weighted by Crippen LogP contribution is 2.19. The van der Waals surface area contributed by atoms with Gasteiger partial charge in [-0.2, -0.15) is 0 Å². The molecule has 0 saturated carbocycles. The standard InChI is InChI=1S/C10H15N.C2H6/c1-2-9-4-3-5-10(8-9)6-7-11;1-2/h2,5,8H,1,3-4,6-7,11H2;1-2H3. The Morgan fingerprint density at radius 2 is 2.23 bits per heavy atom. The zero-order chi connectivity index (χ0) is 10.1. The van der Waals surface area contributed by atoms with Gasteiger partial charge in [0.1, 0.15) is 0 Å². The molecule has 0 aromatic carbocycles. The average molecular weight is 179 g/mol. The van der Waals surface area contributed by atoms with Gasteiger partial charge in [-0.25, -0.2) is 0 Å². The Bertz CT molecular complexity index is 199. The van der Waals surface area contributed by atoms with Gasteiger partial charge in [0, 0.05) is 0 Å². The minimum Gasteiger partial charge on any atom is -0.330 e. The fourth-order valence-electron chi connectivity index (χ4n) is 1.30. The maximum Gasteiger partial charge on any atom is -0.00368 e. The van der Waals surface area contributed by atoms with Gasteiger partial charge in [-0.15, -0.1) is 0 Å². The Balaban J connectivity index is 0.000000671. The number of hydrogen-bond donors (Lipinski definition) is 1. The van der Waals surface area contributed by atoms with Crippen LogP contribution >= 0.6 is 0 Å². The van der Waals surface area contributed by atoms with Gasteiger partial charge in [-0.3, -0.25) is 0 Å². The van der Waals surface area contributed by atoms with Crippen LogP contribution in [0.1, 0.15) is 33.1 Å². The van der Waals surface area contributed by atoms with Crippen LogP contribution in [0.4, 0.5) is 0 Å². The third-order valence-corrected chi connectivity index (χ3v) is 1.91. The van der Waals surface area contributed by atoms with Crippen LogP contribution in [0.2, 0.25) is 0 Å². The van der Waals surface area contributed by atoms with E-state index in [2.05, 4.69) is 18.7 Å². The first kappa shape index (κ1) is 12.2. The summed E-state index contributed by atoms with van der Waals surface area (Å²) in [4.78, 5) is 0. The van der Waals surface area contributed by atoms with Gasteiger partial charge in [0.15, 0.2) is 0 Å². The first-order chi connectivity index (χ1) is 6.36. The fourth-order valence-corrected chi connectivity index (χ4v) is 1.30. The van der Waals surface area contributed by atoms with E-state index in [0.717, 1.165) is 25.8 Å². The number of allylic oxidation sites excluding steroid dienone is 4. The molecule has 0 aromatic heterocycles. The van der Waals surface area contributed by atoms with Gasteiger partial charge in [0.05, 0.1) is 0 Å². The lowest BCUT2D eigenvalue weighted by Crippen LogP contribution is -2.01. The quantitative estimate of drug-likeness (QED) is 0.707. The topological polar surface area (TPSA) is 26.0 Å². The molecule has 13 heavy (non-hydrogen) atoms. The molecule has 1 heteroatoms. The highest BCUT2D eigenvalue weighted by molar-refractivity contribution is 5.32. The molecule has 2 N–H and O–H groups in total. The lowest BCUT2D eigenvalue weighted by molar-refractivity contribution is 0.909. The molecule has 1 aliphatic rings. The lowest BCUT2D eigenvalue weighted by atomic mass is 9.98. The molecule has 0 spiro atoms. The molecule has 1 aliphatic carbocycles. The molecule has 0 radical (unpaired) electrons. The van der Waals surface area contributed by atoms with Crippen LogP contribution in [-0.4, -0.2) is 6.54 Å². The van der Waals surface area contributed by atoms with Crippen molar-refractivity contribution in [3.05, 3.63) is 36.0 Å². The van der Waals surface area contributed by atoms with Crippen molar-refractivity contribution in [2.75, 3.05) is 6.54 Å². The smallest absolute Gasteiger partial charge is 0.00368 e. The van der Waals surface area contributed by atoms with Crippen molar-refractivity contribution in [1.82, 2.24) is 0 Å². The highest BCUT2D eigenvalue weighted by atomic mass is 14.5. The minimum absolute atomic E-state index is 0.743. The molecule has 0 saturated heterocycles. The van der Waals surface area contributed by atoms with Gasteiger partial charge >= 0.3 is 0 Å². The van der Waals surface area contributed by atoms with Gasteiger partial charge in [0.25, 0.3) is 0 Å². The summed E-state index contributed by atoms with van der Waals surface area (Å²) in [6.45, 7) is 8.49. The van der Waals surface area contributed by atoms with Crippen LogP contribution in [0.15, 0.2) is 36.0 Å². The molecule has 0 unspecified atom stereocenters. The first-order valence-corrected chi connectivity index (χ1v) is 5.09. The zero-order valence-electron chi connectivity index (χ0n) is 8.84. The largest absolute Gasteiger partial charge is 0.330 e. The zero-order valence-corrected chi connectivity index (χ0v) is 8.84. The van der Waals surface area contributed by atoms with Crippen LogP contribution in [0, 0.1) is 0 Å². The van der Waals surface area contributed by atoms with Crippen LogP contribution in [-0.2, 0) is 0 Å². The van der Waals surface area contributed by atoms with E-state index < -0.39 is 0 Å². The van der Waals surface area contributed by atoms with Crippen LogP contribution in [0.25, 0.3) is 0 Å². The lowest BCUT2D eigenvalue weighted by Gasteiger charge is -2.09. The van der Waals surface area contributed by atoms with Crippen molar-refractivity contribution < 1.29 is 0 Å². The van der Waals surface area contributed by atoms with Crippen molar-refractivity contribution in [2.24, 2.45) is 5.73 Å². The van der Waals surface area contributed by atoms with Crippen LogP contribution < -0.4 is 5.73 Å². The highest BCUT2D eigenvalue weighted by Gasteiger charge is 2.00. The summed E-state index contributed by atoms with van der Waals surface area (Å²) < 4.78 is 0. The molecule has 0 atom stereocenters. The number of rotatable bonds is 3. The third-order valence-electron chi connectivity index (χ3n) is 1.91. The molecule has 1 rings (SSSR count). The first-order valence-electron chi connectivity index (χ1n) is 5.09. The monoisotopic (exact) mass is 179 g/mol. The Labute approximate surface area is 82.0 Å². The normalized spacial score (nSPS) is 15.0. The van der Waals surface area contributed by atoms with Gasteiger partial charge in [-0.1, -0.05) is 44.2 Å². The summed E-state index contributed by atoms with van der Waals surface area (Å²) in [5, 5.41) is 0. The van der Waals surface area contributed by atoms with Crippen LogP contribution in [0.5, 0.6) is 0 Å². The predicted octanol–water partition coefficient (Wildman–Crippen LogP) is 3.19. The summed E-state index contributed by atoms with van der Waals surface area (Å²) in [7, 11) is 0. The molecular weight excluding hydrogens is 158 g/mol. The van der Waals surface area contributed by atoms with Crippen molar-refractivity contribution in [3.63, 3.8) is 0 Å². The Hall–Kier alpha value is -0.820. The SMILES string of the molecule is C=CC1=CC(CCN)=CCC1.CC. The molecule has 0 bridgehead atoms. The summed E-state index contributed by atoms with van der Waals surface area (Å²) in [6, 6.07) is 0. The third kappa shape index (κ3) is 4.69. The fraction of sp³-hybridized carbons (Fsp3) is 0.500. The van der Waals surface area contributed by atoms with E-state index in [0.29, 0.717) is 0 Å². The van der Waals surface area contributed by atoms with Crippen molar-refractivity contribution in [3.8, 4) is 0 Å². The van der Waals surface area contributed by atoms with Crippen molar-refractivity contribution in [2.45, 2.75) is 33.1 Å². The molecule has 0 heterocycles. The Morgan fingerprint density at radius 3 is 2.77 bits per heavy atom. The molecular formula is C12H21N. The van der Waals surface area contributed by atoms with Crippen molar-refractivity contribution >= 4 is 0 Å². The summed E-state index contributed by atoms with van der Waals surface area (Å²) in [5.41, 5.74) is 8.16. The second-order valence-electron chi connectivity index (χ2n) is 2.78. The van der Waals surface area contributed by atoms with E-state index in [1.165, 1.54) is 11.1 Å². The molecule has 0 amide bonds. The van der Waals surface area contributed by atoms with E-state index in [9.17, 15) is 0 Å². The van der Waals surface area contributed by atoms with E-state index in [1.807, 2.05) is 19.9 Å². The summed E-state index contributed by atoms with van der Waals surface area (Å²) >= 11 is 0. The summed E-state index contributed by atoms with van der Waals surface area (Å²) in [6.07, 6.45) is 9.68. The average Bonchev–Trinajstić information content (AvgIpc) is 2.22. The number of hydrogen-bond acceptors (Lipinski definition) is 1. The predicted molar refractivity (Wildman–Crippen MR) is 60.6 cm³/mol. The maximum atomic E-state index is 5.45. The molecule has 0 aromatic rings. The Morgan fingerprint density at radius 1 is 1.54 bits per heavy atom.